The third-order valence-electron chi connectivity index (χ3n) is 4.12. The molecule has 0 heterocycles. The second kappa shape index (κ2) is 6.94. The normalized spacial score (nSPS) is 25.6. The van der Waals surface area contributed by atoms with E-state index in [0.29, 0.717) is 24.2 Å². The van der Waals surface area contributed by atoms with Crippen molar-refractivity contribution in [2.45, 2.75) is 45.8 Å². The van der Waals surface area contributed by atoms with Gasteiger partial charge in [0.25, 0.3) is 0 Å². The molecule has 1 aromatic rings. The van der Waals surface area contributed by atoms with Gasteiger partial charge in [0.15, 0.2) is 0 Å². The van der Waals surface area contributed by atoms with Crippen molar-refractivity contribution in [2.75, 3.05) is 7.11 Å². The number of carboxylic acids is 1. The number of methoxy groups -OCH3 is 1. The Hall–Kier alpha value is -1.55. The van der Waals surface area contributed by atoms with Gasteiger partial charge >= 0.3 is 5.97 Å². The Morgan fingerprint density at radius 1 is 1.24 bits per heavy atom. The van der Waals surface area contributed by atoms with E-state index in [2.05, 4.69) is 13.8 Å². The lowest BCUT2D eigenvalue weighted by atomic mass is 9.82. The largest absolute Gasteiger partial charge is 0.496 e. The zero-order valence-corrected chi connectivity index (χ0v) is 13.0. The van der Waals surface area contributed by atoms with Crippen molar-refractivity contribution in [3.05, 3.63) is 29.3 Å². The molecule has 2 atom stereocenters. The predicted octanol–water partition coefficient (Wildman–Crippen LogP) is 3.73. The van der Waals surface area contributed by atoms with E-state index in [9.17, 15) is 9.90 Å². The monoisotopic (exact) mass is 292 g/mol. The molecule has 0 amide bonds. The number of carbonyl (C=O) groups is 1. The highest BCUT2D eigenvalue weighted by atomic mass is 16.5. The molecule has 0 saturated heterocycles. The fraction of sp³-hybridized carbons (Fsp3) is 0.588. The SMILES string of the molecule is COc1ccc(COC2CC(C)CC(C)C2)cc1C(=O)O. The molecular formula is C17H24O4. The van der Waals surface area contributed by atoms with Crippen molar-refractivity contribution in [1.82, 2.24) is 0 Å². The van der Waals surface area contributed by atoms with Gasteiger partial charge in [0.1, 0.15) is 11.3 Å². The number of rotatable bonds is 5. The van der Waals surface area contributed by atoms with Crippen molar-refractivity contribution in [3.8, 4) is 5.75 Å². The molecule has 0 bridgehead atoms. The lowest BCUT2D eigenvalue weighted by Gasteiger charge is -2.31. The standard InChI is InChI=1S/C17H24O4/c1-11-6-12(2)8-14(7-11)21-10-13-4-5-16(20-3)15(9-13)17(18)19/h4-5,9,11-12,14H,6-8,10H2,1-3H3,(H,18,19). The Bertz CT molecular complexity index is 488. The number of benzene rings is 1. The summed E-state index contributed by atoms with van der Waals surface area (Å²) in [5.41, 5.74) is 1.06. The molecule has 0 radical (unpaired) electrons. The van der Waals surface area contributed by atoms with Crippen LogP contribution in [0, 0.1) is 11.8 Å². The maximum atomic E-state index is 11.2. The number of hydrogen-bond acceptors (Lipinski definition) is 3. The van der Waals surface area contributed by atoms with Gasteiger partial charge in [-0.25, -0.2) is 4.79 Å². The van der Waals surface area contributed by atoms with Gasteiger partial charge in [-0.2, -0.15) is 0 Å². The Balaban J connectivity index is 2.00. The summed E-state index contributed by atoms with van der Waals surface area (Å²) in [6, 6.07) is 5.19. The van der Waals surface area contributed by atoms with Gasteiger partial charge in [0.2, 0.25) is 0 Å². The van der Waals surface area contributed by atoms with Crippen LogP contribution in [-0.2, 0) is 11.3 Å². The highest BCUT2D eigenvalue weighted by Crippen LogP contribution is 2.31. The van der Waals surface area contributed by atoms with E-state index in [4.69, 9.17) is 9.47 Å². The first-order valence-corrected chi connectivity index (χ1v) is 7.51. The fourth-order valence-corrected chi connectivity index (χ4v) is 3.24. The smallest absolute Gasteiger partial charge is 0.339 e. The van der Waals surface area contributed by atoms with E-state index >= 15 is 0 Å². The average molecular weight is 292 g/mol. The van der Waals surface area contributed by atoms with E-state index in [0.717, 1.165) is 18.4 Å². The molecule has 1 saturated carbocycles. The number of carboxylic acid groups (broad SMARTS) is 1. The van der Waals surface area contributed by atoms with Crippen LogP contribution in [0.3, 0.4) is 0 Å². The summed E-state index contributed by atoms with van der Waals surface area (Å²) in [6.45, 7) is 4.98. The molecule has 0 aliphatic heterocycles. The van der Waals surface area contributed by atoms with Gasteiger partial charge in [0.05, 0.1) is 19.8 Å². The van der Waals surface area contributed by atoms with E-state index in [1.54, 1.807) is 12.1 Å². The van der Waals surface area contributed by atoms with Crippen LogP contribution >= 0.6 is 0 Å². The second-order valence-corrected chi connectivity index (χ2v) is 6.19. The maximum Gasteiger partial charge on any atom is 0.339 e. The van der Waals surface area contributed by atoms with Gasteiger partial charge in [-0.3, -0.25) is 0 Å². The van der Waals surface area contributed by atoms with Crippen molar-refractivity contribution in [3.63, 3.8) is 0 Å². The van der Waals surface area contributed by atoms with E-state index < -0.39 is 5.97 Å². The molecule has 4 heteroatoms. The van der Waals surface area contributed by atoms with Crippen LogP contribution in [0.25, 0.3) is 0 Å². The van der Waals surface area contributed by atoms with Crippen LogP contribution in [0.4, 0.5) is 0 Å². The molecule has 1 N–H and O–H groups in total. The minimum absolute atomic E-state index is 0.184. The van der Waals surface area contributed by atoms with Gasteiger partial charge in [0, 0.05) is 0 Å². The lowest BCUT2D eigenvalue weighted by molar-refractivity contribution is -0.00918. The number of ether oxygens (including phenoxy) is 2. The van der Waals surface area contributed by atoms with Crippen LogP contribution in [0.1, 0.15) is 49.0 Å². The van der Waals surface area contributed by atoms with Crippen molar-refractivity contribution < 1.29 is 19.4 Å². The summed E-state index contributed by atoms with van der Waals surface area (Å²) in [6.07, 6.45) is 3.73. The number of hydrogen-bond donors (Lipinski definition) is 1. The van der Waals surface area contributed by atoms with E-state index in [1.165, 1.54) is 13.5 Å². The molecule has 1 aliphatic carbocycles. The molecule has 21 heavy (non-hydrogen) atoms. The topological polar surface area (TPSA) is 55.8 Å². The second-order valence-electron chi connectivity index (χ2n) is 6.19. The molecule has 0 spiro atoms. The van der Waals surface area contributed by atoms with Gasteiger partial charge in [-0.15, -0.1) is 0 Å². The lowest BCUT2D eigenvalue weighted by Crippen LogP contribution is -2.26. The van der Waals surface area contributed by atoms with Crippen molar-refractivity contribution >= 4 is 5.97 Å². The quantitative estimate of drug-likeness (QED) is 0.898. The molecule has 1 aromatic carbocycles. The molecular weight excluding hydrogens is 268 g/mol. The van der Waals surface area contributed by atoms with Gasteiger partial charge in [-0.05, 0) is 48.8 Å². The summed E-state index contributed by atoms with van der Waals surface area (Å²) in [7, 11) is 1.47. The molecule has 2 unspecified atom stereocenters. The third-order valence-corrected chi connectivity index (χ3v) is 4.12. The minimum atomic E-state index is -0.978. The Kier molecular flexibility index (Phi) is 5.23. The first-order valence-electron chi connectivity index (χ1n) is 7.51. The molecule has 1 fully saturated rings. The van der Waals surface area contributed by atoms with E-state index in [1.807, 2.05) is 6.07 Å². The molecule has 2 rings (SSSR count). The Labute approximate surface area is 126 Å². The molecule has 0 aromatic heterocycles. The first kappa shape index (κ1) is 15.8. The zero-order valence-electron chi connectivity index (χ0n) is 13.0. The molecule has 1 aliphatic rings. The van der Waals surface area contributed by atoms with Crippen LogP contribution in [0.5, 0.6) is 5.75 Å². The molecule has 116 valence electrons. The van der Waals surface area contributed by atoms with E-state index in [-0.39, 0.29) is 11.7 Å². The minimum Gasteiger partial charge on any atom is -0.496 e. The summed E-state index contributed by atoms with van der Waals surface area (Å²) >= 11 is 0. The summed E-state index contributed by atoms with van der Waals surface area (Å²) in [4.78, 5) is 11.2. The van der Waals surface area contributed by atoms with Crippen molar-refractivity contribution in [2.24, 2.45) is 11.8 Å². The van der Waals surface area contributed by atoms with Crippen molar-refractivity contribution in [1.29, 1.82) is 0 Å². The average Bonchev–Trinajstić information content (AvgIpc) is 2.43. The van der Waals surface area contributed by atoms with Crippen LogP contribution < -0.4 is 4.74 Å². The zero-order chi connectivity index (χ0) is 15.4. The van der Waals surface area contributed by atoms with Crippen LogP contribution in [0.2, 0.25) is 0 Å². The fourth-order valence-electron chi connectivity index (χ4n) is 3.24. The Morgan fingerprint density at radius 3 is 2.48 bits per heavy atom. The van der Waals surface area contributed by atoms with Gasteiger partial charge in [-0.1, -0.05) is 19.9 Å². The van der Waals surface area contributed by atoms with Crippen LogP contribution in [-0.4, -0.2) is 24.3 Å². The predicted molar refractivity (Wildman–Crippen MR) is 80.7 cm³/mol. The van der Waals surface area contributed by atoms with Gasteiger partial charge < -0.3 is 14.6 Å². The summed E-state index contributed by atoms with van der Waals surface area (Å²) < 4.78 is 11.0. The highest BCUT2D eigenvalue weighted by molar-refractivity contribution is 5.91. The third kappa shape index (κ3) is 4.21. The Morgan fingerprint density at radius 2 is 1.90 bits per heavy atom. The molecule has 4 nitrogen and oxygen atoms in total. The highest BCUT2D eigenvalue weighted by Gasteiger charge is 2.24. The maximum absolute atomic E-state index is 11.2. The summed E-state index contributed by atoms with van der Waals surface area (Å²) in [5, 5.41) is 9.19. The van der Waals surface area contributed by atoms with Crippen LogP contribution in [0.15, 0.2) is 18.2 Å². The number of aromatic carboxylic acids is 1. The summed E-state index contributed by atoms with van der Waals surface area (Å²) in [5.74, 6) is 0.799. The first-order chi connectivity index (χ1) is 9.99.